The van der Waals surface area contributed by atoms with Crippen LogP contribution in [0.15, 0.2) is 48.5 Å². The summed E-state index contributed by atoms with van der Waals surface area (Å²) in [5.74, 6) is -0.163. The van der Waals surface area contributed by atoms with Crippen LogP contribution in [0.25, 0.3) is 0 Å². The van der Waals surface area contributed by atoms with Crippen LogP contribution in [0.5, 0.6) is 5.75 Å². The molecule has 0 aliphatic heterocycles. The first-order chi connectivity index (χ1) is 12.4. The Hall–Kier alpha value is -2.53. The Morgan fingerprint density at radius 1 is 1.15 bits per heavy atom. The van der Waals surface area contributed by atoms with E-state index >= 15 is 0 Å². The zero-order chi connectivity index (χ0) is 18.9. The minimum Gasteiger partial charge on any atom is -0.493 e. The van der Waals surface area contributed by atoms with Crippen molar-refractivity contribution in [3.63, 3.8) is 0 Å². The van der Waals surface area contributed by atoms with E-state index in [1.165, 1.54) is 0 Å². The fourth-order valence-electron chi connectivity index (χ4n) is 2.25. The zero-order valence-electron chi connectivity index (χ0n) is 14.8. The maximum Gasteiger partial charge on any atom is 0.309 e. The average molecular weight is 376 g/mol. The Balaban J connectivity index is 1.66. The highest BCUT2D eigenvalue weighted by molar-refractivity contribution is 6.30. The van der Waals surface area contributed by atoms with Crippen molar-refractivity contribution in [3.05, 3.63) is 64.7 Å². The minimum absolute atomic E-state index is 0.0744. The van der Waals surface area contributed by atoms with Crippen LogP contribution in [-0.4, -0.2) is 25.1 Å². The van der Waals surface area contributed by atoms with Crippen LogP contribution < -0.4 is 10.1 Å². The van der Waals surface area contributed by atoms with E-state index in [-0.39, 0.29) is 31.6 Å². The maximum absolute atomic E-state index is 11.9. The predicted molar refractivity (Wildman–Crippen MR) is 100 cm³/mol. The van der Waals surface area contributed by atoms with Crippen molar-refractivity contribution >= 4 is 23.5 Å². The van der Waals surface area contributed by atoms with Gasteiger partial charge in [-0.2, -0.15) is 0 Å². The molecule has 0 spiro atoms. The number of nitrogens with one attached hydrogen (secondary N) is 1. The molecule has 26 heavy (non-hydrogen) atoms. The van der Waals surface area contributed by atoms with Gasteiger partial charge in [-0.1, -0.05) is 41.4 Å². The first kappa shape index (κ1) is 19.8. The van der Waals surface area contributed by atoms with Gasteiger partial charge in [-0.25, -0.2) is 0 Å². The van der Waals surface area contributed by atoms with Crippen molar-refractivity contribution in [2.24, 2.45) is 0 Å². The van der Waals surface area contributed by atoms with Gasteiger partial charge in [-0.05, 0) is 43.7 Å². The summed E-state index contributed by atoms with van der Waals surface area (Å²) in [7, 11) is 0. The second-order valence-corrected chi connectivity index (χ2v) is 6.35. The smallest absolute Gasteiger partial charge is 0.309 e. The molecule has 1 amide bonds. The summed E-state index contributed by atoms with van der Waals surface area (Å²) in [6.45, 7) is 3.69. The third-order valence-corrected chi connectivity index (χ3v) is 3.92. The molecule has 0 heterocycles. The number of benzene rings is 2. The normalized spacial score (nSPS) is 11.5. The topological polar surface area (TPSA) is 64.6 Å². The van der Waals surface area contributed by atoms with Crippen LogP contribution in [0.3, 0.4) is 0 Å². The monoisotopic (exact) mass is 375 g/mol. The number of hydrogen-bond donors (Lipinski definition) is 1. The average Bonchev–Trinajstić information content (AvgIpc) is 2.61. The van der Waals surface area contributed by atoms with Gasteiger partial charge in [-0.3, -0.25) is 9.59 Å². The summed E-state index contributed by atoms with van der Waals surface area (Å²) >= 11 is 5.93. The summed E-state index contributed by atoms with van der Waals surface area (Å²) in [5.41, 5.74) is 2.01. The molecule has 2 aromatic rings. The molecule has 0 saturated heterocycles. The molecule has 0 radical (unpaired) electrons. The highest BCUT2D eigenvalue weighted by Crippen LogP contribution is 2.17. The summed E-state index contributed by atoms with van der Waals surface area (Å²) in [5, 5.41) is 3.36. The van der Waals surface area contributed by atoms with Gasteiger partial charge in [0, 0.05) is 5.02 Å². The lowest BCUT2D eigenvalue weighted by Crippen LogP contribution is -2.31. The van der Waals surface area contributed by atoms with Crippen LogP contribution in [0, 0.1) is 6.92 Å². The molecule has 5 nitrogen and oxygen atoms in total. The molecule has 2 rings (SSSR count). The standard InChI is InChI=1S/C20H22ClNO4/c1-14-6-8-18(9-7-14)25-11-10-20(24)26-13-19(23)22-15(2)16-4-3-5-17(21)12-16/h3-9,12,15H,10-11,13H2,1-2H3,(H,22,23)/t15-/m1/s1. The molecule has 1 N–H and O–H groups in total. The molecule has 2 aromatic carbocycles. The maximum atomic E-state index is 11.9. The van der Waals surface area contributed by atoms with Crippen molar-refractivity contribution in [3.8, 4) is 5.75 Å². The SMILES string of the molecule is Cc1ccc(OCCC(=O)OCC(=O)N[C@H](C)c2cccc(Cl)c2)cc1. The molecule has 0 bridgehead atoms. The molecule has 6 heteroatoms. The molecule has 0 aliphatic carbocycles. The summed E-state index contributed by atoms with van der Waals surface area (Å²) < 4.78 is 10.4. The van der Waals surface area contributed by atoms with E-state index in [4.69, 9.17) is 21.1 Å². The third-order valence-electron chi connectivity index (χ3n) is 3.69. The van der Waals surface area contributed by atoms with Gasteiger partial charge in [0.25, 0.3) is 5.91 Å². The van der Waals surface area contributed by atoms with Crippen molar-refractivity contribution < 1.29 is 19.1 Å². The lowest BCUT2D eigenvalue weighted by atomic mass is 10.1. The predicted octanol–water partition coefficient (Wildman–Crippen LogP) is 3.84. The molecule has 0 fully saturated rings. The largest absolute Gasteiger partial charge is 0.493 e. The zero-order valence-corrected chi connectivity index (χ0v) is 15.6. The Morgan fingerprint density at radius 3 is 2.58 bits per heavy atom. The van der Waals surface area contributed by atoms with E-state index in [0.717, 1.165) is 11.1 Å². The quantitative estimate of drug-likeness (QED) is 0.712. The number of rotatable bonds is 8. The number of amides is 1. The van der Waals surface area contributed by atoms with Crippen molar-refractivity contribution in [2.75, 3.05) is 13.2 Å². The van der Waals surface area contributed by atoms with Crippen molar-refractivity contribution in [2.45, 2.75) is 26.3 Å². The van der Waals surface area contributed by atoms with E-state index in [1.54, 1.807) is 12.1 Å². The Bertz CT molecular complexity index is 746. The van der Waals surface area contributed by atoms with Crippen LogP contribution >= 0.6 is 11.6 Å². The molecule has 0 unspecified atom stereocenters. The molecule has 0 aliphatic rings. The van der Waals surface area contributed by atoms with Gasteiger partial charge >= 0.3 is 5.97 Å². The summed E-state index contributed by atoms with van der Waals surface area (Å²) in [6.07, 6.45) is 0.0744. The fourth-order valence-corrected chi connectivity index (χ4v) is 2.45. The minimum atomic E-state index is -0.484. The van der Waals surface area contributed by atoms with E-state index in [9.17, 15) is 9.59 Å². The van der Waals surface area contributed by atoms with Gasteiger partial charge < -0.3 is 14.8 Å². The summed E-state index contributed by atoms with van der Waals surface area (Å²) in [6, 6.07) is 14.5. The van der Waals surface area contributed by atoms with Gasteiger partial charge in [-0.15, -0.1) is 0 Å². The number of aryl methyl sites for hydroxylation is 1. The number of ether oxygens (including phenoxy) is 2. The first-order valence-corrected chi connectivity index (χ1v) is 8.72. The second kappa shape index (κ2) is 9.82. The van der Waals surface area contributed by atoms with Gasteiger partial charge in [0.05, 0.1) is 19.1 Å². The number of esters is 1. The van der Waals surface area contributed by atoms with Crippen LogP contribution in [0.1, 0.15) is 30.5 Å². The van der Waals surface area contributed by atoms with Gasteiger partial charge in [0.15, 0.2) is 6.61 Å². The Morgan fingerprint density at radius 2 is 1.88 bits per heavy atom. The highest BCUT2D eigenvalue weighted by atomic mass is 35.5. The Labute approximate surface area is 158 Å². The lowest BCUT2D eigenvalue weighted by Gasteiger charge is -2.14. The van der Waals surface area contributed by atoms with E-state index < -0.39 is 5.97 Å². The second-order valence-electron chi connectivity index (χ2n) is 5.92. The Kier molecular flexibility index (Phi) is 7.48. The number of hydrogen-bond acceptors (Lipinski definition) is 4. The number of halogens is 1. The molecular weight excluding hydrogens is 354 g/mol. The van der Waals surface area contributed by atoms with E-state index in [2.05, 4.69) is 5.32 Å². The van der Waals surface area contributed by atoms with Crippen molar-refractivity contribution in [1.82, 2.24) is 5.32 Å². The van der Waals surface area contributed by atoms with Crippen LogP contribution in [0.4, 0.5) is 0 Å². The fraction of sp³-hybridized carbons (Fsp3) is 0.300. The summed E-state index contributed by atoms with van der Waals surface area (Å²) in [4.78, 5) is 23.6. The lowest BCUT2D eigenvalue weighted by molar-refractivity contribution is -0.149. The van der Waals surface area contributed by atoms with Crippen LogP contribution in [-0.2, 0) is 14.3 Å². The van der Waals surface area contributed by atoms with E-state index in [1.807, 2.05) is 50.2 Å². The third kappa shape index (κ3) is 6.76. The first-order valence-electron chi connectivity index (χ1n) is 8.34. The van der Waals surface area contributed by atoms with Gasteiger partial charge in [0.1, 0.15) is 5.75 Å². The molecular formula is C20H22ClNO4. The number of carbonyl (C=O) groups excluding carboxylic acids is 2. The van der Waals surface area contributed by atoms with E-state index in [0.29, 0.717) is 10.8 Å². The number of carbonyl (C=O) groups is 2. The highest BCUT2D eigenvalue weighted by Gasteiger charge is 2.12. The molecule has 0 saturated carbocycles. The van der Waals surface area contributed by atoms with Crippen LogP contribution in [0.2, 0.25) is 5.02 Å². The molecule has 1 atom stereocenters. The van der Waals surface area contributed by atoms with Crippen molar-refractivity contribution in [1.29, 1.82) is 0 Å². The molecule has 0 aromatic heterocycles. The van der Waals surface area contributed by atoms with Gasteiger partial charge in [0.2, 0.25) is 0 Å². The molecule has 138 valence electrons.